The molecule has 0 aliphatic carbocycles. The molecule has 0 radical (unpaired) electrons. The Morgan fingerprint density at radius 1 is 0.806 bits per heavy atom. The van der Waals surface area contributed by atoms with Gasteiger partial charge in [0, 0.05) is 16.1 Å². The minimum absolute atomic E-state index is 0.475. The molecule has 0 saturated heterocycles. The van der Waals surface area contributed by atoms with Crippen molar-refractivity contribution in [2.24, 2.45) is 0 Å². The summed E-state index contributed by atoms with van der Waals surface area (Å²) in [7, 11) is 3.14. The lowest BCUT2D eigenvalue weighted by atomic mass is 10.1. The molecule has 0 fully saturated rings. The highest BCUT2D eigenvalue weighted by Crippen LogP contribution is 2.25. The fraction of sp³-hybridized carbons (Fsp3) is 0.207. The van der Waals surface area contributed by atoms with Crippen LogP contribution in [0.3, 0.4) is 0 Å². The van der Waals surface area contributed by atoms with Crippen LogP contribution in [-0.4, -0.2) is 25.9 Å². The lowest BCUT2D eigenvalue weighted by Crippen LogP contribution is -2.27. The summed E-state index contributed by atoms with van der Waals surface area (Å²) < 4.78 is 15.8. The van der Waals surface area contributed by atoms with E-state index in [1.807, 2.05) is 112 Å². The van der Waals surface area contributed by atoms with Crippen molar-refractivity contribution >= 4 is 48.1 Å². The topological polar surface area (TPSA) is 66.0 Å². The Morgan fingerprint density at radius 3 is 2.00 bits per heavy atom. The molecule has 0 aliphatic rings. The van der Waals surface area contributed by atoms with E-state index in [4.69, 9.17) is 13.8 Å². The summed E-state index contributed by atoms with van der Waals surface area (Å²) in [4.78, 5) is 17.5. The van der Waals surface area contributed by atoms with Gasteiger partial charge in [0.15, 0.2) is 0 Å². The number of carbonyl (C=O) groups is 1. The van der Waals surface area contributed by atoms with E-state index in [-0.39, 0.29) is 0 Å². The minimum atomic E-state index is -0.540. The molecule has 0 bridgehead atoms. The predicted octanol–water partition coefficient (Wildman–Crippen LogP) is 7.97. The Labute approximate surface area is 217 Å². The second-order valence-corrected chi connectivity index (χ2v) is 9.58. The van der Waals surface area contributed by atoms with Gasteiger partial charge in [0.2, 0.25) is 0 Å². The first-order valence-corrected chi connectivity index (χ1v) is 12.1. The lowest BCUT2D eigenvalue weighted by Gasteiger charge is -2.19. The van der Waals surface area contributed by atoms with Crippen molar-refractivity contribution in [3.05, 3.63) is 89.0 Å². The van der Waals surface area contributed by atoms with Crippen LogP contribution in [0.5, 0.6) is 5.75 Å². The van der Waals surface area contributed by atoms with E-state index in [0.717, 1.165) is 32.9 Å². The van der Waals surface area contributed by atoms with Crippen molar-refractivity contribution in [2.45, 2.75) is 31.3 Å². The van der Waals surface area contributed by atoms with E-state index in [2.05, 4.69) is 10.2 Å². The first-order valence-electron chi connectivity index (χ1n) is 11.4. The molecule has 0 aliphatic heterocycles. The molecule has 0 aromatic heterocycles. The maximum Gasteiger partial charge on any atom is 0.412 e. The van der Waals surface area contributed by atoms with Crippen molar-refractivity contribution in [2.75, 3.05) is 19.5 Å². The number of nitrogens with one attached hydrogen (secondary N) is 1. The highest BCUT2D eigenvalue weighted by Gasteiger charge is 2.16. The lowest BCUT2D eigenvalue weighted by molar-refractivity contribution is -0.160. The van der Waals surface area contributed by atoms with Crippen molar-refractivity contribution in [1.82, 2.24) is 0 Å². The van der Waals surface area contributed by atoms with Crippen LogP contribution in [0.15, 0.2) is 71.6 Å². The Balaban J connectivity index is 1.63. The molecule has 3 aromatic rings. The van der Waals surface area contributed by atoms with E-state index in [9.17, 15) is 4.79 Å². The van der Waals surface area contributed by atoms with E-state index in [0.29, 0.717) is 5.69 Å². The molecular formula is C29H31NO5S. The SMILES string of the molecule is COOSc1ccc(/C=C/c2ccc(/C=C/c3ccc(NC(=O)OC(C)(C)C)cc3)c(OC)c2)cc1. The average molecular weight is 506 g/mol. The van der Waals surface area contributed by atoms with Gasteiger partial charge in [0.1, 0.15) is 11.4 Å². The van der Waals surface area contributed by atoms with E-state index in [1.165, 1.54) is 19.2 Å². The number of hydrogen-bond donors (Lipinski definition) is 1. The number of amides is 1. The molecule has 3 aromatic carbocycles. The number of anilines is 1. The number of benzene rings is 3. The van der Waals surface area contributed by atoms with Crippen LogP contribution >= 0.6 is 12.0 Å². The fourth-order valence-electron chi connectivity index (χ4n) is 3.15. The van der Waals surface area contributed by atoms with E-state index >= 15 is 0 Å². The summed E-state index contributed by atoms with van der Waals surface area (Å²) in [5.74, 6) is 0.778. The summed E-state index contributed by atoms with van der Waals surface area (Å²) in [5, 5.41) is 2.74. The van der Waals surface area contributed by atoms with Gasteiger partial charge in [-0.1, -0.05) is 60.7 Å². The van der Waals surface area contributed by atoms with Crippen LogP contribution in [-0.2, 0) is 14.0 Å². The number of ether oxygens (including phenoxy) is 2. The molecule has 0 heterocycles. The Bertz CT molecular complexity index is 1200. The molecular weight excluding hydrogens is 474 g/mol. The minimum Gasteiger partial charge on any atom is -0.496 e. The fourth-order valence-corrected chi connectivity index (χ4v) is 3.55. The molecule has 36 heavy (non-hydrogen) atoms. The van der Waals surface area contributed by atoms with Gasteiger partial charge in [-0.25, -0.2) is 9.68 Å². The highest BCUT2D eigenvalue weighted by atomic mass is 32.2. The van der Waals surface area contributed by atoms with Gasteiger partial charge in [0.25, 0.3) is 0 Å². The molecule has 0 unspecified atom stereocenters. The highest BCUT2D eigenvalue weighted by molar-refractivity contribution is 7.94. The van der Waals surface area contributed by atoms with Crippen molar-refractivity contribution < 1.29 is 23.5 Å². The van der Waals surface area contributed by atoms with Crippen LogP contribution < -0.4 is 10.1 Å². The first-order chi connectivity index (χ1) is 17.3. The molecule has 1 N–H and O–H groups in total. The Hall–Kier alpha value is -3.52. The summed E-state index contributed by atoms with van der Waals surface area (Å²) >= 11 is 1.17. The monoisotopic (exact) mass is 505 g/mol. The third kappa shape index (κ3) is 8.92. The van der Waals surface area contributed by atoms with Crippen molar-refractivity contribution in [1.29, 1.82) is 0 Å². The van der Waals surface area contributed by atoms with E-state index < -0.39 is 11.7 Å². The van der Waals surface area contributed by atoms with Crippen LogP contribution in [0.25, 0.3) is 24.3 Å². The second kappa shape index (κ2) is 13.0. The number of hydrogen-bond acceptors (Lipinski definition) is 6. The molecule has 7 heteroatoms. The van der Waals surface area contributed by atoms with Gasteiger partial charge < -0.3 is 9.47 Å². The third-order valence-electron chi connectivity index (χ3n) is 4.82. The summed E-state index contributed by atoms with van der Waals surface area (Å²) in [6.07, 6.45) is 7.61. The van der Waals surface area contributed by atoms with E-state index in [1.54, 1.807) is 7.11 Å². The van der Waals surface area contributed by atoms with Crippen LogP contribution in [0.4, 0.5) is 10.5 Å². The maximum absolute atomic E-state index is 11.9. The van der Waals surface area contributed by atoms with Crippen molar-refractivity contribution in [3.8, 4) is 5.75 Å². The van der Waals surface area contributed by atoms with Gasteiger partial charge in [-0.15, -0.1) is 0 Å². The average Bonchev–Trinajstić information content (AvgIpc) is 2.85. The molecule has 6 nitrogen and oxygen atoms in total. The zero-order chi connectivity index (χ0) is 26.0. The van der Waals surface area contributed by atoms with Gasteiger partial charge in [-0.2, -0.15) is 4.33 Å². The molecule has 0 saturated carbocycles. The smallest absolute Gasteiger partial charge is 0.412 e. The first kappa shape index (κ1) is 27.1. The maximum atomic E-state index is 11.9. The van der Waals surface area contributed by atoms with Gasteiger partial charge in [-0.05, 0) is 67.8 Å². The normalized spacial score (nSPS) is 11.7. The molecule has 0 spiro atoms. The quantitative estimate of drug-likeness (QED) is 0.138. The molecule has 1 amide bonds. The van der Waals surface area contributed by atoms with Crippen LogP contribution in [0, 0.1) is 0 Å². The molecule has 0 atom stereocenters. The standard InChI is InChI=1S/C29H31NO5S/c1-29(2,3)34-28(31)30-25-16-10-22(11-17-25)8-14-24-15-9-23(20-27(24)32-4)7-6-21-12-18-26(19-13-21)36-35-33-5/h6-20H,1-5H3,(H,30,31)/b7-6+,14-8+. The van der Waals surface area contributed by atoms with Gasteiger partial charge in [-0.3, -0.25) is 5.32 Å². The molecule has 188 valence electrons. The Morgan fingerprint density at radius 2 is 1.39 bits per heavy atom. The van der Waals surface area contributed by atoms with Gasteiger partial charge >= 0.3 is 6.09 Å². The molecule has 3 rings (SSSR count). The summed E-state index contributed by atoms with van der Waals surface area (Å²) in [5.41, 5.74) is 4.19. The zero-order valence-corrected chi connectivity index (χ0v) is 21.9. The summed E-state index contributed by atoms with van der Waals surface area (Å²) in [6.45, 7) is 5.49. The number of methoxy groups -OCH3 is 1. The van der Waals surface area contributed by atoms with Gasteiger partial charge in [0.05, 0.1) is 26.3 Å². The van der Waals surface area contributed by atoms with Crippen LogP contribution in [0.1, 0.15) is 43.0 Å². The Kier molecular flexibility index (Phi) is 9.76. The number of carbonyl (C=O) groups excluding carboxylic acids is 1. The number of rotatable bonds is 9. The van der Waals surface area contributed by atoms with Crippen LogP contribution in [0.2, 0.25) is 0 Å². The predicted molar refractivity (Wildman–Crippen MR) is 148 cm³/mol. The second-order valence-electron chi connectivity index (χ2n) is 8.80. The zero-order valence-electron chi connectivity index (χ0n) is 21.1. The largest absolute Gasteiger partial charge is 0.496 e. The summed E-state index contributed by atoms with van der Waals surface area (Å²) in [6, 6.07) is 21.6. The van der Waals surface area contributed by atoms with Crippen molar-refractivity contribution in [3.63, 3.8) is 0 Å². The third-order valence-corrected chi connectivity index (χ3v) is 5.48.